The van der Waals surface area contributed by atoms with Gasteiger partial charge in [-0.2, -0.15) is 0 Å². The van der Waals surface area contributed by atoms with Crippen molar-refractivity contribution in [1.29, 1.82) is 0 Å². The Kier molecular flexibility index (Phi) is 5.11. The molecule has 7 heteroatoms. The molecule has 4 N–H and O–H groups in total. The molecule has 1 aromatic heterocycles. The number of carbonyl (C=O) groups excluding carboxylic acids is 2. The lowest BCUT2D eigenvalue weighted by atomic mass is 9.95. The Hall–Kier alpha value is -1.99. The minimum atomic E-state index is -0.595. The van der Waals surface area contributed by atoms with Gasteiger partial charge in [-0.3, -0.25) is 9.59 Å². The van der Waals surface area contributed by atoms with E-state index < -0.39 is 6.04 Å². The Balaban J connectivity index is 1.80. The number of fused-ring (bicyclic) bond motifs is 1. The topological polar surface area (TPSA) is 97.1 Å². The zero-order valence-corrected chi connectivity index (χ0v) is 14.5. The van der Waals surface area contributed by atoms with Crippen molar-refractivity contribution in [2.75, 3.05) is 5.32 Å². The third-order valence-corrected chi connectivity index (χ3v) is 5.32. The summed E-state index contributed by atoms with van der Waals surface area (Å²) in [6.45, 7) is 1.63. The number of aromatic nitrogens is 1. The van der Waals surface area contributed by atoms with E-state index in [2.05, 4.69) is 15.6 Å². The normalized spacial score (nSPS) is 16.8. The van der Waals surface area contributed by atoms with E-state index in [4.69, 9.17) is 5.73 Å². The summed E-state index contributed by atoms with van der Waals surface area (Å²) in [5.74, 6) is -0.392. The van der Waals surface area contributed by atoms with Crippen molar-refractivity contribution in [3.63, 3.8) is 0 Å². The van der Waals surface area contributed by atoms with Crippen LogP contribution in [0, 0.1) is 0 Å². The van der Waals surface area contributed by atoms with Crippen LogP contribution in [0.25, 0.3) is 10.2 Å². The lowest BCUT2D eigenvalue weighted by Gasteiger charge is -2.22. The Labute approximate surface area is 144 Å². The first-order chi connectivity index (χ1) is 11.5. The number of hydrogen-bond donors (Lipinski definition) is 3. The van der Waals surface area contributed by atoms with E-state index in [9.17, 15) is 9.59 Å². The van der Waals surface area contributed by atoms with E-state index in [0.29, 0.717) is 16.2 Å². The molecular formula is C17H22N4O2S. The van der Waals surface area contributed by atoms with Crippen molar-refractivity contribution >= 4 is 39.1 Å². The van der Waals surface area contributed by atoms with Gasteiger partial charge < -0.3 is 16.4 Å². The van der Waals surface area contributed by atoms with Gasteiger partial charge >= 0.3 is 0 Å². The molecule has 24 heavy (non-hydrogen) atoms. The van der Waals surface area contributed by atoms with Gasteiger partial charge in [-0.15, -0.1) is 11.3 Å². The Morgan fingerprint density at radius 1 is 1.29 bits per heavy atom. The molecule has 0 radical (unpaired) electrons. The summed E-state index contributed by atoms with van der Waals surface area (Å²) in [6.07, 6.45) is 5.64. The third kappa shape index (κ3) is 3.73. The first-order valence-corrected chi connectivity index (χ1v) is 9.13. The standard InChI is InChI=1S/C17H22N4O2S/c1-10(18)15(22)20-12-8-5-9-13-14(12)24-17(21-13)16(23)19-11-6-3-2-4-7-11/h5,8-11H,2-4,6-7,18H2,1H3,(H,19,23)(H,20,22). The van der Waals surface area contributed by atoms with Gasteiger partial charge in [-0.05, 0) is 31.9 Å². The average molecular weight is 346 g/mol. The highest BCUT2D eigenvalue weighted by Gasteiger charge is 2.20. The van der Waals surface area contributed by atoms with Crippen molar-refractivity contribution < 1.29 is 9.59 Å². The van der Waals surface area contributed by atoms with Crippen LogP contribution in [-0.4, -0.2) is 28.9 Å². The molecule has 0 bridgehead atoms. The lowest BCUT2D eigenvalue weighted by molar-refractivity contribution is -0.117. The molecule has 2 amide bonds. The van der Waals surface area contributed by atoms with Gasteiger partial charge in [-0.25, -0.2) is 4.98 Å². The smallest absolute Gasteiger partial charge is 0.280 e. The molecule has 0 saturated heterocycles. The van der Waals surface area contributed by atoms with Crippen LogP contribution < -0.4 is 16.4 Å². The highest BCUT2D eigenvalue weighted by Crippen LogP contribution is 2.30. The zero-order chi connectivity index (χ0) is 17.1. The summed E-state index contributed by atoms with van der Waals surface area (Å²) < 4.78 is 0.792. The molecule has 2 aromatic rings. The minimum absolute atomic E-state index is 0.132. The number of carbonyl (C=O) groups is 2. The van der Waals surface area contributed by atoms with Gasteiger partial charge in [0.05, 0.1) is 21.9 Å². The number of thiazole rings is 1. The van der Waals surface area contributed by atoms with Crippen LogP contribution in [0.15, 0.2) is 18.2 Å². The van der Waals surface area contributed by atoms with Gasteiger partial charge in [-0.1, -0.05) is 25.3 Å². The van der Waals surface area contributed by atoms with Crippen molar-refractivity contribution in [3.05, 3.63) is 23.2 Å². The maximum Gasteiger partial charge on any atom is 0.280 e. The first-order valence-electron chi connectivity index (χ1n) is 8.31. The summed E-state index contributed by atoms with van der Waals surface area (Å²) in [6, 6.07) is 5.09. The molecule has 1 aromatic carbocycles. The van der Waals surface area contributed by atoms with Gasteiger partial charge in [0, 0.05) is 6.04 Å². The zero-order valence-electron chi connectivity index (χ0n) is 13.7. The van der Waals surface area contributed by atoms with Crippen LogP contribution in [0.5, 0.6) is 0 Å². The van der Waals surface area contributed by atoms with Crippen LogP contribution in [0.1, 0.15) is 48.8 Å². The van der Waals surface area contributed by atoms with Gasteiger partial charge in [0.1, 0.15) is 0 Å². The van der Waals surface area contributed by atoms with Crippen molar-refractivity contribution in [2.24, 2.45) is 5.73 Å². The van der Waals surface area contributed by atoms with E-state index in [1.807, 2.05) is 12.1 Å². The molecular weight excluding hydrogens is 324 g/mol. The summed E-state index contributed by atoms with van der Waals surface area (Å²) in [7, 11) is 0. The fourth-order valence-corrected chi connectivity index (χ4v) is 3.82. The van der Waals surface area contributed by atoms with E-state index in [1.54, 1.807) is 13.0 Å². The molecule has 1 aliphatic rings. The Bertz CT molecular complexity index is 750. The Morgan fingerprint density at radius 2 is 2.04 bits per heavy atom. The summed E-state index contributed by atoms with van der Waals surface area (Å²) >= 11 is 1.30. The second-order valence-corrected chi connectivity index (χ2v) is 7.26. The quantitative estimate of drug-likeness (QED) is 0.793. The number of nitrogens with one attached hydrogen (secondary N) is 2. The van der Waals surface area contributed by atoms with Gasteiger partial charge in [0.2, 0.25) is 5.91 Å². The highest BCUT2D eigenvalue weighted by molar-refractivity contribution is 7.21. The fraction of sp³-hybridized carbons (Fsp3) is 0.471. The number of hydrogen-bond acceptors (Lipinski definition) is 5. The molecule has 0 spiro atoms. The largest absolute Gasteiger partial charge is 0.347 e. The number of nitrogens with zero attached hydrogens (tertiary/aromatic N) is 1. The van der Waals surface area contributed by atoms with E-state index in [-0.39, 0.29) is 17.9 Å². The SMILES string of the molecule is CC(N)C(=O)Nc1cccc2nc(C(=O)NC3CCCCC3)sc12. The minimum Gasteiger partial charge on any atom is -0.347 e. The van der Waals surface area contributed by atoms with E-state index >= 15 is 0 Å². The first kappa shape index (κ1) is 16.9. The monoisotopic (exact) mass is 346 g/mol. The maximum atomic E-state index is 12.5. The fourth-order valence-electron chi connectivity index (χ4n) is 2.89. The molecule has 3 rings (SSSR count). The number of rotatable bonds is 4. The summed E-state index contributed by atoms with van der Waals surface area (Å²) in [5, 5.41) is 6.30. The van der Waals surface area contributed by atoms with Crippen LogP contribution >= 0.6 is 11.3 Å². The third-order valence-electron chi connectivity index (χ3n) is 4.22. The molecule has 1 atom stereocenters. The molecule has 1 fully saturated rings. The van der Waals surface area contributed by atoms with Gasteiger partial charge in [0.25, 0.3) is 5.91 Å². The summed E-state index contributed by atoms with van der Waals surface area (Å²) in [4.78, 5) is 28.7. The van der Waals surface area contributed by atoms with Crippen molar-refractivity contribution in [3.8, 4) is 0 Å². The maximum absolute atomic E-state index is 12.5. The lowest BCUT2D eigenvalue weighted by Crippen LogP contribution is -2.36. The molecule has 1 saturated carbocycles. The Morgan fingerprint density at radius 3 is 2.75 bits per heavy atom. The highest BCUT2D eigenvalue weighted by atomic mass is 32.1. The second kappa shape index (κ2) is 7.27. The molecule has 1 unspecified atom stereocenters. The molecule has 1 aliphatic carbocycles. The van der Waals surface area contributed by atoms with Crippen molar-refractivity contribution in [1.82, 2.24) is 10.3 Å². The number of anilines is 1. The van der Waals surface area contributed by atoms with Crippen molar-refractivity contribution in [2.45, 2.75) is 51.1 Å². The van der Waals surface area contributed by atoms with E-state index in [0.717, 1.165) is 30.4 Å². The number of amides is 2. The predicted molar refractivity (Wildman–Crippen MR) is 96.2 cm³/mol. The second-order valence-electron chi connectivity index (χ2n) is 6.26. The van der Waals surface area contributed by atoms with Crippen LogP contribution in [-0.2, 0) is 4.79 Å². The average Bonchev–Trinajstić information content (AvgIpc) is 3.01. The molecule has 128 valence electrons. The predicted octanol–water partition coefficient (Wildman–Crippen LogP) is 2.64. The molecule has 0 aliphatic heterocycles. The van der Waals surface area contributed by atoms with Gasteiger partial charge in [0.15, 0.2) is 5.01 Å². The van der Waals surface area contributed by atoms with Crippen LogP contribution in [0.3, 0.4) is 0 Å². The van der Waals surface area contributed by atoms with Crippen LogP contribution in [0.4, 0.5) is 5.69 Å². The van der Waals surface area contributed by atoms with E-state index in [1.165, 1.54) is 17.8 Å². The summed E-state index contributed by atoms with van der Waals surface area (Å²) in [5.41, 5.74) is 6.94. The van der Waals surface area contributed by atoms with Crippen LogP contribution in [0.2, 0.25) is 0 Å². The number of nitrogens with two attached hydrogens (primary N) is 1. The molecule has 1 heterocycles. The number of benzene rings is 1. The molecule has 6 nitrogen and oxygen atoms in total.